The first-order valence-corrected chi connectivity index (χ1v) is 9.87. The highest BCUT2D eigenvalue weighted by molar-refractivity contribution is 7.21. The first-order chi connectivity index (χ1) is 12.6. The summed E-state index contributed by atoms with van der Waals surface area (Å²) in [6, 6.07) is 7.79. The summed E-state index contributed by atoms with van der Waals surface area (Å²) in [5.74, 6) is -0.116. The maximum Gasteiger partial charge on any atom is 0.345 e. The Kier molecular flexibility index (Phi) is 4.54. The van der Waals surface area contributed by atoms with Gasteiger partial charge in [0.2, 0.25) is 0 Å². The standard InChI is InChI=1S/C20H22N2O3S/c1-3-22-8-4-5-13(22)11-21-19(23)17-10-15-18(26-17)14-9-12(2)6-7-16(14)25-20(15)24/h6-7,9-10,13H,3-5,8,11H2,1-2H3,(H,21,23)/t13-/m0/s1. The molecule has 3 heterocycles. The molecule has 1 saturated heterocycles. The number of nitrogens with zero attached hydrogens (tertiary/aromatic N) is 1. The van der Waals surface area contributed by atoms with Gasteiger partial charge in [0.15, 0.2) is 0 Å². The predicted octanol–water partition coefficient (Wildman–Crippen LogP) is 3.53. The molecule has 2 aromatic heterocycles. The molecular formula is C20H22N2O3S. The van der Waals surface area contributed by atoms with Gasteiger partial charge in [-0.2, -0.15) is 0 Å². The Bertz CT molecular complexity index is 1040. The summed E-state index contributed by atoms with van der Waals surface area (Å²) in [6.45, 7) is 6.91. The van der Waals surface area contributed by atoms with E-state index in [0.717, 1.165) is 35.2 Å². The number of fused-ring (bicyclic) bond motifs is 3. The van der Waals surface area contributed by atoms with E-state index in [2.05, 4.69) is 17.1 Å². The van der Waals surface area contributed by atoms with Crippen molar-refractivity contribution in [2.75, 3.05) is 19.6 Å². The van der Waals surface area contributed by atoms with E-state index in [-0.39, 0.29) is 11.5 Å². The number of carbonyl (C=O) groups excluding carboxylic acids is 1. The fourth-order valence-electron chi connectivity index (χ4n) is 3.76. The van der Waals surface area contributed by atoms with Gasteiger partial charge in [-0.1, -0.05) is 18.6 Å². The third-order valence-electron chi connectivity index (χ3n) is 5.16. The van der Waals surface area contributed by atoms with Gasteiger partial charge in [0.05, 0.1) is 15.0 Å². The molecule has 5 nitrogen and oxygen atoms in total. The van der Waals surface area contributed by atoms with E-state index in [1.807, 2.05) is 25.1 Å². The summed E-state index contributed by atoms with van der Waals surface area (Å²) in [6.07, 6.45) is 2.30. The van der Waals surface area contributed by atoms with Crippen LogP contribution in [0.15, 0.2) is 33.5 Å². The van der Waals surface area contributed by atoms with Crippen LogP contribution < -0.4 is 10.9 Å². The predicted molar refractivity (Wildman–Crippen MR) is 105 cm³/mol. The van der Waals surface area contributed by atoms with Crippen LogP contribution in [0.4, 0.5) is 0 Å². The number of thiophene rings is 1. The van der Waals surface area contributed by atoms with Gasteiger partial charge in [-0.3, -0.25) is 9.69 Å². The zero-order valence-corrected chi connectivity index (χ0v) is 15.8. The lowest BCUT2D eigenvalue weighted by molar-refractivity contribution is 0.0945. The van der Waals surface area contributed by atoms with Crippen LogP contribution in [-0.2, 0) is 0 Å². The minimum atomic E-state index is -0.389. The fourth-order valence-corrected chi connectivity index (χ4v) is 4.84. The maximum absolute atomic E-state index is 12.6. The van der Waals surface area contributed by atoms with Crippen LogP contribution in [-0.4, -0.2) is 36.5 Å². The number of rotatable bonds is 4. The fraction of sp³-hybridized carbons (Fsp3) is 0.400. The highest BCUT2D eigenvalue weighted by Crippen LogP contribution is 2.31. The lowest BCUT2D eigenvalue weighted by atomic mass is 10.1. The molecule has 136 valence electrons. The van der Waals surface area contributed by atoms with Gasteiger partial charge in [-0.15, -0.1) is 11.3 Å². The van der Waals surface area contributed by atoms with Crippen LogP contribution in [0.25, 0.3) is 21.1 Å². The smallest absolute Gasteiger partial charge is 0.345 e. The molecule has 0 radical (unpaired) electrons. The molecule has 0 aliphatic carbocycles. The van der Waals surface area contributed by atoms with E-state index >= 15 is 0 Å². The van der Waals surface area contributed by atoms with E-state index in [0.29, 0.717) is 28.4 Å². The average molecular weight is 370 g/mol. The Hall–Kier alpha value is -2.18. The van der Waals surface area contributed by atoms with Crippen LogP contribution in [0, 0.1) is 6.92 Å². The zero-order valence-electron chi connectivity index (χ0n) is 15.0. The highest BCUT2D eigenvalue weighted by atomic mass is 32.1. The summed E-state index contributed by atoms with van der Waals surface area (Å²) in [4.78, 5) is 27.8. The molecule has 4 rings (SSSR count). The molecule has 1 fully saturated rings. The maximum atomic E-state index is 12.6. The van der Waals surface area contributed by atoms with Crippen LogP contribution in [0.5, 0.6) is 0 Å². The normalized spacial score (nSPS) is 18.0. The van der Waals surface area contributed by atoms with Crippen LogP contribution in [0.1, 0.15) is 35.0 Å². The number of aryl methyl sites for hydroxylation is 1. The molecule has 0 unspecified atom stereocenters. The third kappa shape index (κ3) is 3.04. The number of nitrogens with one attached hydrogen (secondary N) is 1. The van der Waals surface area contributed by atoms with Crippen LogP contribution in [0.2, 0.25) is 0 Å². The third-order valence-corrected chi connectivity index (χ3v) is 6.33. The van der Waals surface area contributed by atoms with Crippen molar-refractivity contribution in [3.05, 3.63) is 45.1 Å². The van der Waals surface area contributed by atoms with Gasteiger partial charge in [0.1, 0.15) is 5.58 Å². The number of hydrogen-bond acceptors (Lipinski definition) is 5. The summed E-state index contributed by atoms with van der Waals surface area (Å²) in [5.41, 5.74) is 1.26. The second-order valence-corrected chi connectivity index (χ2v) is 7.93. The quantitative estimate of drug-likeness (QED) is 0.714. The van der Waals surface area contributed by atoms with Crippen molar-refractivity contribution in [1.29, 1.82) is 0 Å². The summed E-state index contributed by atoms with van der Waals surface area (Å²) >= 11 is 1.36. The Morgan fingerprint density at radius 2 is 2.19 bits per heavy atom. The Balaban J connectivity index is 1.63. The average Bonchev–Trinajstić information content (AvgIpc) is 3.27. The number of amides is 1. The van der Waals surface area contributed by atoms with Gasteiger partial charge >= 0.3 is 5.63 Å². The number of carbonyl (C=O) groups is 1. The van der Waals surface area contributed by atoms with E-state index < -0.39 is 0 Å². The monoisotopic (exact) mass is 370 g/mol. The SMILES string of the molecule is CCN1CCC[C@H]1CNC(=O)c1cc2c(=O)oc3ccc(C)cc3c2s1. The second kappa shape index (κ2) is 6.85. The molecule has 1 aliphatic rings. The molecule has 0 saturated carbocycles. The minimum absolute atomic E-state index is 0.116. The van der Waals surface area contributed by atoms with Crippen molar-refractivity contribution in [1.82, 2.24) is 10.2 Å². The van der Waals surface area contributed by atoms with Crippen molar-refractivity contribution in [3.63, 3.8) is 0 Å². The molecule has 6 heteroatoms. The number of likely N-dealkylation sites (tertiary alicyclic amines) is 1. The lowest BCUT2D eigenvalue weighted by Crippen LogP contribution is -2.39. The largest absolute Gasteiger partial charge is 0.422 e. The number of likely N-dealkylation sites (N-methyl/N-ethyl adjacent to an activating group) is 1. The zero-order chi connectivity index (χ0) is 18.3. The molecule has 1 aromatic carbocycles. The van der Waals surface area contributed by atoms with Crippen molar-refractivity contribution in [2.45, 2.75) is 32.7 Å². The van der Waals surface area contributed by atoms with E-state index in [1.165, 1.54) is 17.8 Å². The van der Waals surface area contributed by atoms with Crippen LogP contribution in [0.3, 0.4) is 0 Å². The van der Waals surface area contributed by atoms with E-state index in [9.17, 15) is 9.59 Å². The van der Waals surface area contributed by atoms with Crippen LogP contribution >= 0.6 is 11.3 Å². The molecule has 1 atom stereocenters. The van der Waals surface area contributed by atoms with Crippen molar-refractivity contribution in [3.8, 4) is 0 Å². The number of hydrogen-bond donors (Lipinski definition) is 1. The van der Waals surface area contributed by atoms with Gasteiger partial charge in [-0.25, -0.2) is 4.79 Å². The van der Waals surface area contributed by atoms with Gasteiger partial charge in [-0.05, 0) is 51.1 Å². The van der Waals surface area contributed by atoms with Gasteiger partial charge in [0.25, 0.3) is 5.91 Å². The molecule has 1 amide bonds. The molecule has 0 spiro atoms. The second-order valence-electron chi connectivity index (χ2n) is 6.88. The lowest BCUT2D eigenvalue weighted by Gasteiger charge is -2.22. The highest BCUT2D eigenvalue weighted by Gasteiger charge is 2.24. The topological polar surface area (TPSA) is 62.6 Å². The Labute approximate surface area is 155 Å². The Morgan fingerprint density at radius 3 is 3.00 bits per heavy atom. The molecule has 26 heavy (non-hydrogen) atoms. The molecule has 1 aliphatic heterocycles. The van der Waals surface area contributed by atoms with Crippen molar-refractivity contribution >= 4 is 38.3 Å². The van der Waals surface area contributed by atoms with Crippen molar-refractivity contribution < 1.29 is 9.21 Å². The molecule has 3 aromatic rings. The Morgan fingerprint density at radius 1 is 1.35 bits per heavy atom. The summed E-state index contributed by atoms with van der Waals surface area (Å²) < 4.78 is 6.23. The summed E-state index contributed by atoms with van der Waals surface area (Å²) in [7, 11) is 0. The van der Waals surface area contributed by atoms with Crippen molar-refractivity contribution in [2.24, 2.45) is 0 Å². The minimum Gasteiger partial charge on any atom is -0.422 e. The molecular weight excluding hydrogens is 348 g/mol. The van der Waals surface area contributed by atoms with Gasteiger partial charge < -0.3 is 9.73 Å². The van der Waals surface area contributed by atoms with E-state index in [4.69, 9.17) is 4.42 Å². The molecule has 1 N–H and O–H groups in total. The van der Waals surface area contributed by atoms with Gasteiger partial charge in [0, 0.05) is 18.0 Å². The molecule has 0 bridgehead atoms. The summed E-state index contributed by atoms with van der Waals surface area (Å²) in [5, 5.41) is 4.41. The first kappa shape index (κ1) is 17.2. The first-order valence-electron chi connectivity index (χ1n) is 9.06. The van der Waals surface area contributed by atoms with E-state index in [1.54, 1.807) is 6.07 Å². The number of benzene rings is 1.